The van der Waals surface area contributed by atoms with E-state index in [2.05, 4.69) is 22.1 Å². The number of carbonyl (C=O) groups excluding carboxylic acids is 1. The van der Waals surface area contributed by atoms with Crippen molar-refractivity contribution in [2.75, 3.05) is 19.6 Å². The first-order chi connectivity index (χ1) is 13.5. The average molecular weight is 424 g/mol. The van der Waals surface area contributed by atoms with Crippen LogP contribution in [0.3, 0.4) is 0 Å². The molecule has 2 aromatic rings. The van der Waals surface area contributed by atoms with E-state index in [9.17, 15) is 4.79 Å². The minimum absolute atomic E-state index is 0.0240. The topological polar surface area (TPSA) is 58.4 Å². The Balaban J connectivity index is 1.38. The van der Waals surface area contributed by atoms with Gasteiger partial charge in [-0.25, -0.2) is 4.98 Å². The summed E-state index contributed by atoms with van der Waals surface area (Å²) in [5, 5.41) is 4.07. The lowest BCUT2D eigenvalue weighted by atomic mass is 10.0. The van der Waals surface area contributed by atoms with Gasteiger partial charge in [0.25, 0.3) is 0 Å². The first-order valence-corrected chi connectivity index (χ1v) is 10.7. The molecular weight excluding hydrogens is 397 g/mol. The lowest BCUT2D eigenvalue weighted by Crippen LogP contribution is -2.39. The van der Waals surface area contributed by atoms with Crippen LogP contribution in [0, 0.1) is 0 Å². The number of amides is 1. The molecule has 1 N–H and O–H groups in total. The van der Waals surface area contributed by atoms with Gasteiger partial charge >= 0.3 is 0 Å². The highest BCUT2D eigenvalue weighted by atomic mass is 35.5. The number of carbonyl (C=O) groups is 1. The molecule has 1 atom stereocenters. The Morgan fingerprint density at radius 3 is 3.00 bits per heavy atom. The van der Waals surface area contributed by atoms with E-state index in [4.69, 9.17) is 27.6 Å². The van der Waals surface area contributed by atoms with E-state index in [1.54, 1.807) is 24.4 Å². The zero-order valence-electron chi connectivity index (χ0n) is 16.2. The molecule has 28 heavy (non-hydrogen) atoms. The van der Waals surface area contributed by atoms with E-state index in [0.717, 1.165) is 18.5 Å². The number of aromatic nitrogens is 1. The Bertz CT molecular complexity index is 794. The van der Waals surface area contributed by atoms with E-state index in [1.807, 2.05) is 0 Å². The maximum Gasteiger partial charge on any atom is 0.220 e. The number of nitrogens with one attached hydrogen (secondary N) is 1. The Morgan fingerprint density at radius 1 is 1.36 bits per heavy atom. The number of benzene rings is 1. The van der Waals surface area contributed by atoms with Crippen molar-refractivity contribution in [2.45, 2.75) is 51.5 Å². The highest BCUT2D eigenvalue weighted by Gasteiger charge is 2.17. The number of likely N-dealkylation sites (tertiary alicyclic amines) is 1. The molecule has 1 aliphatic heterocycles. The first kappa shape index (κ1) is 21.2. The van der Waals surface area contributed by atoms with Crippen molar-refractivity contribution in [3.8, 4) is 11.3 Å². The summed E-state index contributed by atoms with van der Waals surface area (Å²) in [5.41, 5.74) is 0.737. The molecular formula is C21H27Cl2N3O2. The minimum Gasteiger partial charge on any atom is -0.441 e. The molecule has 5 nitrogen and oxygen atoms in total. The van der Waals surface area contributed by atoms with Gasteiger partial charge in [-0.15, -0.1) is 0 Å². The number of hydrogen-bond donors (Lipinski definition) is 1. The molecule has 3 rings (SSSR count). The fraction of sp³-hybridized carbons (Fsp3) is 0.524. The zero-order chi connectivity index (χ0) is 19.9. The Hall–Kier alpha value is -1.56. The van der Waals surface area contributed by atoms with Gasteiger partial charge in [0.1, 0.15) is 0 Å². The van der Waals surface area contributed by atoms with Gasteiger partial charge in [0.05, 0.1) is 11.2 Å². The minimum atomic E-state index is 0.0240. The largest absolute Gasteiger partial charge is 0.441 e. The quantitative estimate of drug-likeness (QED) is 0.609. The molecule has 152 valence electrons. The molecule has 0 radical (unpaired) electrons. The molecule has 1 amide bonds. The third-order valence-corrected chi connectivity index (χ3v) is 5.75. The van der Waals surface area contributed by atoms with Crippen LogP contribution in [0.15, 0.2) is 28.8 Å². The van der Waals surface area contributed by atoms with E-state index in [1.165, 1.54) is 25.8 Å². The second-order valence-corrected chi connectivity index (χ2v) is 8.17. The van der Waals surface area contributed by atoms with Gasteiger partial charge in [0, 0.05) is 42.6 Å². The van der Waals surface area contributed by atoms with Gasteiger partial charge < -0.3 is 14.6 Å². The van der Waals surface area contributed by atoms with Crippen LogP contribution in [0.25, 0.3) is 11.3 Å². The predicted molar refractivity (Wildman–Crippen MR) is 113 cm³/mol. The molecule has 1 saturated heterocycles. The monoisotopic (exact) mass is 423 g/mol. The van der Waals surface area contributed by atoms with Crippen LogP contribution in [0.5, 0.6) is 0 Å². The fourth-order valence-corrected chi connectivity index (χ4v) is 4.05. The molecule has 0 aliphatic carbocycles. The smallest absolute Gasteiger partial charge is 0.220 e. The van der Waals surface area contributed by atoms with Crippen molar-refractivity contribution in [3.05, 3.63) is 40.3 Å². The Morgan fingerprint density at radius 2 is 2.21 bits per heavy atom. The first-order valence-electron chi connectivity index (χ1n) is 9.94. The van der Waals surface area contributed by atoms with E-state index < -0.39 is 0 Å². The SMILES string of the molecule is CC1CCCCN1CCCNC(=O)CCc1ncc(-c2ccc(Cl)cc2Cl)o1. The molecule has 0 spiro atoms. The van der Waals surface area contributed by atoms with Gasteiger partial charge in [-0.1, -0.05) is 29.6 Å². The summed E-state index contributed by atoms with van der Waals surface area (Å²) in [6.07, 6.45) is 7.33. The molecule has 1 fully saturated rings. The number of piperidine rings is 1. The van der Waals surface area contributed by atoms with Crippen molar-refractivity contribution >= 4 is 29.1 Å². The van der Waals surface area contributed by atoms with Crippen molar-refractivity contribution in [1.82, 2.24) is 15.2 Å². The number of rotatable bonds is 8. The molecule has 0 saturated carbocycles. The highest BCUT2D eigenvalue weighted by Crippen LogP contribution is 2.30. The zero-order valence-corrected chi connectivity index (χ0v) is 17.7. The molecule has 1 aliphatic rings. The summed E-state index contributed by atoms with van der Waals surface area (Å²) >= 11 is 12.1. The van der Waals surface area contributed by atoms with Crippen molar-refractivity contribution in [2.24, 2.45) is 0 Å². The van der Waals surface area contributed by atoms with Crippen LogP contribution in [0.2, 0.25) is 10.0 Å². The standard InChI is InChI=1S/C21H27Cl2N3O2/c1-15-5-2-3-11-26(15)12-4-10-24-20(27)8-9-21-25-14-19(28-21)17-7-6-16(22)13-18(17)23/h6-7,13-15H,2-5,8-12H2,1H3,(H,24,27). The van der Waals surface area contributed by atoms with Crippen LogP contribution >= 0.6 is 23.2 Å². The molecule has 0 bridgehead atoms. The summed E-state index contributed by atoms with van der Waals surface area (Å²) in [4.78, 5) is 18.8. The van der Waals surface area contributed by atoms with Gasteiger partial charge in [-0.05, 0) is 50.9 Å². The van der Waals surface area contributed by atoms with Crippen LogP contribution in [-0.4, -0.2) is 41.5 Å². The average Bonchev–Trinajstić information content (AvgIpc) is 3.13. The van der Waals surface area contributed by atoms with Gasteiger partial charge in [0.15, 0.2) is 11.7 Å². The predicted octanol–water partition coefficient (Wildman–Crippen LogP) is 4.96. The van der Waals surface area contributed by atoms with E-state index >= 15 is 0 Å². The summed E-state index contributed by atoms with van der Waals surface area (Å²) < 4.78 is 5.73. The normalized spacial score (nSPS) is 17.6. The lowest BCUT2D eigenvalue weighted by Gasteiger charge is -2.33. The maximum atomic E-state index is 12.1. The summed E-state index contributed by atoms with van der Waals surface area (Å²) in [6, 6.07) is 5.88. The van der Waals surface area contributed by atoms with E-state index in [0.29, 0.717) is 47.1 Å². The lowest BCUT2D eigenvalue weighted by molar-refractivity contribution is -0.121. The molecule has 1 aromatic carbocycles. The van der Waals surface area contributed by atoms with Gasteiger partial charge in [0.2, 0.25) is 5.91 Å². The van der Waals surface area contributed by atoms with Gasteiger partial charge in [-0.2, -0.15) is 0 Å². The van der Waals surface area contributed by atoms with Gasteiger partial charge in [-0.3, -0.25) is 4.79 Å². The maximum absolute atomic E-state index is 12.1. The Kier molecular flexibility index (Phi) is 7.77. The van der Waals surface area contributed by atoms with E-state index in [-0.39, 0.29) is 5.91 Å². The fourth-order valence-electron chi connectivity index (χ4n) is 3.55. The third kappa shape index (κ3) is 5.97. The van der Waals surface area contributed by atoms with Crippen LogP contribution in [-0.2, 0) is 11.2 Å². The van der Waals surface area contributed by atoms with Crippen LogP contribution < -0.4 is 5.32 Å². The summed E-state index contributed by atoms with van der Waals surface area (Å²) in [6.45, 7) is 5.23. The second kappa shape index (κ2) is 10.3. The molecule has 1 aromatic heterocycles. The highest BCUT2D eigenvalue weighted by molar-refractivity contribution is 6.36. The third-order valence-electron chi connectivity index (χ3n) is 5.20. The summed E-state index contributed by atoms with van der Waals surface area (Å²) in [7, 11) is 0. The summed E-state index contributed by atoms with van der Waals surface area (Å²) in [5.74, 6) is 1.13. The number of hydrogen-bond acceptors (Lipinski definition) is 4. The van der Waals surface area contributed by atoms with Crippen molar-refractivity contribution in [3.63, 3.8) is 0 Å². The van der Waals surface area contributed by atoms with Crippen LogP contribution in [0.4, 0.5) is 0 Å². The Labute approximate surface area is 176 Å². The number of aryl methyl sites for hydroxylation is 1. The number of oxazole rings is 1. The molecule has 1 unspecified atom stereocenters. The van der Waals surface area contributed by atoms with Crippen LogP contribution in [0.1, 0.15) is 44.9 Å². The second-order valence-electron chi connectivity index (χ2n) is 7.33. The van der Waals surface area contributed by atoms with Crippen molar-refractivity contribution in [1.29, 1.82) is 0 Å². The number of nitrogens with zero attached hydrogens (tertiary/aromatic N) is 2. The molecule has 7 heteroatoms. The van der Waals surface area contributed by atoms with Crippen molar-refractivity contribution < 1.29 is 9.21 Å². The number of halogens is 2. The molecule has 2 heterocycles.